The lowest BCUT2D eigenvalue weighted by Crippen LogP contribution is -2.36. The summed E-state index contributed by atoms with van der Waals surface area (Å²) in [5.41, 5.74) is 0. The highest BCUT2D eigenvalue weighted by Gasteiger charge is 2.16. The molecule has 0 aromatic heterocycles. The van der Waals surface area contributed by atoms with E-state index in [1.54, 1.807) is 0 Å². The zero-order valence-electron chi connectivity index (χ0n) is 11.7. The van der Waals surface area contributed by atoms with Gasteiger partial charge in [-0.25, -0.2) is 0 Å². The van der Waals surface area contributed by atoms with Crippen molar-refractivity contribution in [2.75, 3.05) is 44.8 Å². The fourth-order valence-corrected chi connectivity index (χ4v) is 3.79. The smallest absolute Gasteiger partial charge is 0.0599 e. The number of nitrogens with zero attached hydrogens (tertiary/aromatic N) is 1. The average Bonchev–Trinajstić information content (AvgIpc) is 2.42. The number of piperidine rings is 1. The summed E-state index contributed by atoms with van der Waals surface area (Å²) in [7, 11) is 2.20. The van der Waals surface area contributed by atoms with Gasteiger partial charge in [0.05, 0.1) is 6.10 Å². The Kier molecular flexibility index (Phi) is 6.84. The molecule has 2 heterocycles. The van der Waals surface area contributed by atoms with Gasteiger partial charge in [0.25, 0.3) is 0 Å². The van der Waals surface area contributed by atoms with Crippen LogP contribution >= 0.6 is 11.8 Å². The highest BCUT2D eigenvalue weighted by atomic mass is 32.2. The zero-order chi connectivity index (χ0) is 12.6. The molecule has 0 aromatic rings. The van der Waals surface area contributed by atoms with Gasteiger partial charge in [-0.15, -0.1) is 0 Å². The first-order chi connectivity index (χ1) is 8.84. The fraction of sp³-hybridized carbons (Fsp3) is 1.00. The quantitative estimate of drug-likeness (QED) is 0.747. The minimum Gasteiger partial charge on any atom is -0.378 e. The lowest BCUT2D eigenvalue weighted by atomic mass is 10.1. The maximum absolute atomic E-state index is 5.95. The molecule has 2 aliphatic rings. The Bertz CT molecular complexity index is 214. The van der Waals surface area contributed by atoms with Gasteiger partial charge < -0.3 is 15.0 Å². The van der Waals surface area contributed by atoms with Crippen molar-refractivity contribution in [3.8, 4) is 0 Å². The zero-order valence-corrected chi connectivity index (χ0v) is 12.5. The third-order valence-electron chi connectivity index (χ3n) is 3.93. The normalized spacial score (nSPS) is 27.5. The number of ether oxygens (including phenoxy) is 1. The molecule has 1 atom stereocenters. The van der Waals surface area contributed by atoms with Crippen LogP contribution in [0.4, 0.5) is 0 Å². The van der Waals surface area contributed by atoms with E-state index in [0.29, 0.717) is 6.10 Å². The van der Waals surface area contributed by atoms with Crippen LogP contribution in [0.25, 0.3) is 0 Å². The van der Waals surface area contributed by atoms with Crippen molar-refractivity contribution in [1.82, 2.24) is 10.2 Å². The monoisotopic (exact) mass is 272 g/mol. The molecule has 0 amide bonds. The van der Waals surface area contributed by atoms with E-state index in [1.807, 2.05) is 0 Å². The molecule has 2 aliphatic heterocycles. The summed E-state index contributed by atoms with van der Waals surface area (Å²) in [6.07, 6.45) is 6.85. The first-order valence-corrected chi connectivity index (χ1v) is 8.61. The molecule has 2 fully saturated rings. The number of likely N-dealkylation sites (tertiary alicyclic amines) is 1. The van der Waals surface area contributed by atoms with E-state index in [4.69, 9.17) is 4.74 Å². The number of hydrogen-bond donors (Lipinski definition) is 1. The molecule has 4 heteroatoms. The van der Waals surface area contributed by atoms with Gasteiger partial charge in [0.15, 0.2) is 0 Å². The average molecular weight is 272 g/mol. The van der Waals surface area contributed by atoms with E-state index in [-0.39, 0.29) is 0 Å². The topological polar surface area (TPSA) is 24.5 Å². The Balaban J connectivity index is 1.43. The lowest BCUT2D eigenvalue weighted by molar-refractivity contribution is 0.0115. The summed E-state index contributed by atoms with van der Waals surface area (Å²) in [5, 5.41) is 3.66. The van der Waals surface area contributed by atoms with Crippen molar-refractivity contribution < 1.29 is 4.74 Å². The van der Waals surface area contributed by atoms with Gasteiger partial charge in [0, 0.05) is 31.5 Å². The molecule has 0 saturated carbocycles. The standard InChI is InChI=1S/C14H28N2OS/c1-16-8-5-14(6-9-16)17-10-3-7-15-13-4-2-11-18-12-13/h13-15H,2-12H2,1H3/t13-/m0/s1. The van der Waals surface area contributed by atoms with Crippen LogP contribution in [0, 0.1) is 0 Å². The summed E-state index contributed by atoms with van der Waals surface area (Å²) in [4.78, 5) is 2.39. The minimum absolute atomic E-state index is 0.520. The van der Waals surface area contributed by atoms with E-state index in [2.05, 4.69) is 29.0 Å². The molecule has 0 unspecified atom stereocenters. The molecule has 3 nitrogen and oxygen atoms in total. The molecule has 106 valence electrons. The van der Waals surface area contributed by atoms with Crippen LogP contribution in [0.1, 0.15) is 32.1 Å². The molecule has 2 saturated heterocycles. The number of thioether (sulfide) groups is 1. The first-order valence-electron chi connectivity index (χ1n) is 7.46. The molecule has 2 rings (SSSR count). The van der Waals surface area contributed by atoms with Gasteiger partial charge in [0.1, 0.15) is 0 Å². The third-order valence-corrected chi connectivity index (χ3v) is 5.15. The summed E-state index contributed by atoms with van der Waals surface area (Å²) in [5.74, 6) is 2.66. The van der Waals surface area contributed by atoms with Crippen molar-refractivity contribution >= 4 is 11.8 Å². The van der Waals surface area contributed by atoms with Crippen LogP contribution in [-0.4, -0.2) is 61.8 Å². The predicted octanol–water partition coefficient (Wildman–Crippen LogP) is 1.97. The second kappa shape index (κ2) is 8.41. The highest BCUT2D eigenvalue weighted by Crippen LogP contribution is 2.16. The van der Waals surface area contributed by atoms with Crippen molar-refractivity contribution in [2.45, 2.75) is 44.2 Å². The first kappa shape index (κ1) is 14.6. The van der Waals surface area contributed by atoms with Crippen LogP contribution < -0.4 is 5.32 Å². The second-order valence-corrected chi connectivity index (χ2v) is 6.74. The molecule has 18 heavy (non-hydrogen) atoms. The highest BCUT2D eigenvalue weighted by molar-refractivity contribution is 7.99. The van der Waals surface area contributed by atoms with E-state index in [0.717, 1.165) is 25.6 Å². The summed E-state index contributed by atoms with van der Waals surface area (Å²) in [6.45, 7) is 4.45. The molecular weight excluding hydrogens is 244 g/mol. The van der Waals surface area contributed by atoms with Crippen LogP contribution in [0.2, 0.25) is 0 Å². The Labute approximate surface area is 116 Å². The van der Waals surface area contributed by atoms with Gasteiger partial charge in [-0.3, -0.25) is 0 Å². The van der Waals surface area contributed by atoms with Gasteiger partial charge in [0.2, 0.25) is 0 Å². The molecule has 0 bridgehead atoms. The fourth-order valence-electron chi connectivity index (χ4n) is 2.68. The largest absolute Gasteiger partial charge is 0.378 e. The Morgan fingerprint density at radius 1 is 1.28 bits per heavy atom. The van der Waals surface area contributed by atoms with Crippen LogP contribution in [0.3, 0.4) is 0 Å². The number of rotatable bonds is 6. The Morgan fingerprint density at radius 3 is 2.83 bits per heavy atom. The molecule has 0 radical (unpaired) electrons. The van der Waals surface area contributed by atoms with Crippen molar-refractivity contribution in [3.63, 3.8) is 0 Å². The van der Waals surface area contributed by atoms with E-state index in [9.17, 15) is 0 Å². The third kappa shape index (κ3) is 5.47. The van der Waals surface area contributed by atoms with Crippen LogP contribution in [0.15, 0.2) is 0 Å². The van der Waals surface area contributed by atoms with Crippen LogP contribution in [-0.2, 0) is 4.74 Å². The van der Waals surface area contributed by atoms with E-state index < -0.39 is 0 Å². The molecule has 1 N–H and O–H groups in total. The molecule has 0 spiro atoms. The van der Waals surface area contributed by atoms with Crippen molar-refractivity contribution in [3.05, 3.63) is 0 Å². The van der Waals surface area contributed by atoms with Gasteiger partial charge in [-0.2, -0.15) is 11.8 Å². The SMILES string of the molecule is CN1CCC(OCCCN[C@H]2CCCSC2)CC1. The maximum Gasteiger partial charge on any atom is 0.0599 e. The molecular formula is C14H28N2OS. The minimum atomic E-state index is 0.520. The predicted molar refractivity (Wildman–Crippen MR) is 79.4 cm³/mol. The van der Waals surface area contributed by atoms with E-state index >= 15 is 0 Å². The van der Waals surface area contributed by atoms with Crippen molar-refractivity contribution in [2.24, 2.45) is 0 Å². The molecule has 0 aromatic carbocycles. The maximum atomic E-state index is 5.95. The Hall–Kier alpha value is 0.230. The summed E-state index contributed by atoms with van der Waals surface area (Å²) >= 11 is 2.09. The number of nitrogens with one attached hydrogen (secondary N) is 1. The van der Waals surface area contributed by atoms with Crippen LogP contribution in [0.5, 0.6) is 0 Å². The second-order valence-electron chi connectivity index (χ2n) is 5.60. The Morgan fingerprint density at radius 2 is 2.11 bits per heavy atom. The van der Waals surface area contributed by atoms with Gasteiger partial charge in [-0.1, -0.05) is 0 Å². The molecule has 0 aliphatic carbocycles. The lowest BCUT2D eigenvalue weighted by Gasteiger charge is -2.29. The summed E-state index contributed by atoms with van der Waals surface area (Å²) in [6, 6.07) is 0.757. The van der Waals surface area contributed by atoms with Gasteiger partial charge in [-0.05, 0) is 51.4 Å². The number of hydrogen-bond acceptors (Lipinski definition) is 4. The summed E-state index contributed by atoms with van der Waals surface area (Å²) < 4.78 is 5.95. The van der Waals surface area contributed by atoms with E-state index in [1.165, 1.54) is 50.3 Å². The van der Waals surface area contributed by atoms with Gasteiger partial charge >= 0.3 is 0 Å². The van der Waals surface area contributed by atoms with Crippen molar-refractivity contribution in [1.29, 1.82) is 0 Å².